The van der Waals surface area contributed by atoms with E-state index in [4.69, 9.17) is 11.6 Å². The molecule has 0 radical (unpaired) electrons. The molecule has 1 aromatic carbocycles. The number of halogens is 2. The van der Waals surface area contributed by atoms with E-state index in [1.54, 1.807) is 4.90 Å². The number of nitrogens with one attached hydrogen (secondary N) is 1. The zero-order valence-corrected chi connectivity index (χ0v) is 10.1. The smallest absolute Gasteiger partial charge is 0.258 e. The molecule has 0 atom stereocenters. The highest BCUT2D eigenvalue weighted by Gasteiger charge is 2.22. The third-order valence-electron chi connectivity index (χ3n) is 2.80. The van der Waals surface area contributed by atoms with Gasteiger partial charge in [-0.1, -0.05) is 17.7 Å². The number of benzene rings is 1. The van der Waals surface area contributed by atoms with Crippen LogP contribution in [0.1, 0.15) is 16.8 Å². The van der Waals surface area contributed by atoms with Crippen LogP contribution in [0.3, 0.4) is 0 Å². The number of hydrogen-bond donors (Lipinski definition) is 1. The first-order valence-corrected chi connectivity index (χ1v) is 6.02. The second kappa shape index (κ2) is 5.47. The lowest BCUT2D eigenvalue weighted by Crippen LogP contribution is -2.34. The van der Waals surface area contributed by atoms with E-state index in [2.05, 4.69) is 5.32 Å². The quantitative estimate of drug-likeness (QED) is 0.833. The monoisotopic (exact) mass is 256 g/mol. The van der Waals surface area contributed by atoms with Crippen LogP contribution >= 0.6 is 11.6 Å². The Labute approximate surface area is 105 Å². The molecular weight excluding hydrogens is 243 g/mol. The fourth-order valence-corrected chi connectivity index (χ4v) is 2.15. The summed E-state index contributed by atoms with van der Waals surface area (Å²) in [6.45, 7) is 2.84. The van der Waals surface area contributed by atoms with Crippen molar-refractivity contribution in [2.24, 2.45) is 0 Å². The maximum atomic E-state index is 13.6. The summed E-state index contributed by atoms with van der Waals surface area (Å²) in [7, 11) is 0. The van der Waals surface area contributed by atoms with Gasteiger partial charge in [0.2, 0.25) is 0 Å². The van der Waals surface area contributed by atoms with Gasteiger partial charge in [0.05, 0.1) is 10.6 Å². The maximum Gasteiger partial charge on any atom is 0.258 e. The molecule has 0 aliphatic carbocycles. The van der Waals surface area contributed by atoms with Crippen LogP contribution in [0.5, 0.6) is 0 Å². The first-order valence-electron chi connectivity index (χ1n) is 5.64. The van der Waals surface area contributed by atoms with Crippen LogP contribution in [-0.2, 0) is 0 Å². The van der Waals surface area contributed by atoms with E-state index in [0.29, 0.717) is 13.1 Å². The molecule has 1 amide bonds. The topological polar surface area (TPSA) is 32.3 Å². The van der Waals surface area contributed by atoms with Crippen LogP contribution in [0, 0.1) is 5.82 Å². The number of rotatable bonds is 1. The molecule has 1 fully saturated rings. The average molecular weight is 257 g/mol. The molecule has 1 aromatic rings. The van der Waals surface area contributed by atoms with E-state index >= 15 is 0 Å². The van der Waals surface area contributed by atoms with Gasteiger partial charge in [-0.2, -0.15) is 0 Å². The normalized spacial score (nSPS) is 16.7. The second-order valence-electron chi connectivity index (χ2n) is 3.99. The maximum absolute atomic E-state index is 13.6. The summed E-state index contributed by atoms with van der Waals surface area (Å²) < 4.78 is 13.6. The Balaban J connectivity index is 2.23. The third-order valence-corrected chi connectivity index (χ3v) is 3.12. The highest BCUT2D eigenvalue weighted by Crippen LogP contribution is 2.21. The molecule has 1 aliphatic heterocycles. The molecule has 3 nitrogen and oxygen atoms in total. The lowest BCUT2D eigenvalue weighted by atomic mass is 10.1. The first kappa shape index (κ1) is 12.3. The molecule has 1 saturated heterocycles. The van der Waals surface area contributed by atoms with Crippen molar-refractivity contribution in [2.45, 2.75) is 6.42 Å². The molecule has 17 heavy (non-hydrogen) atoms. The van der Waals surface area contributed by atoms with Gasteiger partial charge in [0.25, 0.3) is 5.91 Å². The zero-order chi connectivity index (χ0) is 12.3. The molecule has 0 spiro atoms. The molecule has 1 aliphatic rings. The standard InChI is InChI=1S/C12H14ClFN2O/c13-9-3-1-4-10(14)11(9)12(17)16-7-2-5-15-6-8-16/h1,3-4,15H,2,5-8H2. The zero-order valence-electron chi connectivity index (χ0n) is 9.38. The predicted molar refractivity (Wildman–Crippen MR) is 64.8 cm³/mol. The Morgan fingerprint density at radius 1 is 1.35 bits per heavy atom. The third kappa shape index (κ3) is 2.76. The van der Waals surface area contributed by atoms with Gasteiger partial charge in [-0.15, -0.1) is 0 Å². The molecular formula is C12H14ClFN2O. The van der Waals surface area contributed by atoms with E-state index in [-0.39, 0.29) is 16.5 Å². The number of carbonyl (C=O) groups is 1. The van der Waals surface area contributed by atoms with E-state index in [1.807, 2.05) is 0 Å². The minimum Gasteiger partial charge on any atom is -0.337 e. The number of amides is 1. The van der Waals surface area contributed by atoms with E-state index in [1.165, 1.54) is 18.2 Å². The molecule has 0 saturated carbocycles. The summed E-state index contributed by atoms with van der Waals surface area (Å²) in [5.41, 5.74) is -0.0175. The van der Waals surface area contributed by atoms with Gasteiger partial charge < -0.3 is 10.2 Å². The highest BCUT2D eigenvalue weighted by atomic mass is 35.5. The molecule has 92 valence electrons. The van der Waals surface area contributed by atoms with E-state index in [0.717, 1.165) is 19.5 Å². The second-order valence-corrected chi connectivity index (χ2v) is 4.40. The Bertz CT molecular complexity index is 397. The number of hydrogen-bond acceptors (Lipinski definition) is 2. The largest absolute Gasteiger partial charge is 0.337 e. The van der Waals surface area contributed by atoms with Crippen LogP contribution in [0.15, 0.2) is 18.2 Å². The number of nitrogens with zero attached hydrogens (tertiary/aromatic N) is 1. The summed E-state index contributed by atoms with van der Waals surface area (Å²) in [6.07, 6.45) is 0.873. The Morgan fingerprint density at radius 3 is 2.94 bits per heavy atom. The minimum atomic E-state index is -0.556. The van der Waals surface area contributed by atoms with Crippen molar-refractivity contribution in [3.8, 4) is 0 Å². The minimum absolute atomic E-state index is 0.0175. The van der Waals surface area contributed by atoms with Gasteiger partial charge in [0.15, 0.2) is 0 Å². The van der Waals surface area contributed by atoms with Crippen molar-refractivity contribution in [1.82, 2.24) is 10.2 Å². The highest BCUT2D eigenvalue weighted by molar-refractivity contribution is 6.33. The van der Waals surface area contributed by atoms with E-state index < -0.39 is 5.82 Å². The summed E-state index contributed by atoms with van der Waals surface area (Å²) >= 11 is 5.88. The molecule has 1 N–H and O–H groups in total. The molecule has 0 bridgehead atoms. The molecule has 0 aromatic heterocycles. The fraction of sp³-hybridized carbons (Fsp3) is 0.417. The summed E-state index contributed by atoms with van der Waals surface area (Å²) in [5.74, 6) is -0.878. The van der Waals surface area contributed by atoms with Crippen molar-refractivity contribution < 1.29 is 9.18 Å². The molecule has 0 unspecified atom stereocenters. The van der Waals surface area contributed by atoms with Crippen molar-refractivity contribution in [1.29, 1.82) is 0 Å². The molecule has 2 rings (SSSR count). The van der Waals surface area contributed by atoms with Crippen LogP contribution in [0.2, 0.25) is 5.02 Å². The van der Waals surface area contributed by atoms with E-state index in [9.17, 15) is 9.18 Å². The first-order chi connectivity index (χ1) is 8.20. The van der Waals surface area contributed by atoms with Crippen molar-refractivity contribution in [3.05, 3.63) is 34.6 Å². The summed E-state index contributed by atoms with van der Waals surface area (Å²) in [4.78, 5) is 13.8. The lowest BCUT2D eigenvalue weighted by Gasteiger charge is -2.20. The summed E-state index contributed by atoms with van der Waals surface area (Å²) in [5, 5.41) is 3.37. The van der Waals surface area contributed by atoms with Gasteiger partial charge in [0.1, 0.15) is 5.82 Å². The summed E-state index contributed by atoms with van der Waals surface area (Å²) in [6, 6.07) is 4.29. The van der Waals surface area contributed by atoms with Crippen molar-refractivity contribution in [3.63, 3.8) is 0 Å². The lowest BCUT2D eigenvalue weighted by molar-refractivity contribution is 0.0762. The van der Waals surface area contributed by atoms with Gasteiger partial charge in [-0.25, -0.2) is 4.39 Å². The molecule has 5 heteroatoms. The predicted octanol–water partition coefficient (Wildman–Crippen LogP) is 1.91. The van der Waals surface area contributed by atoms with Gasteiger partial charge in [-0.3, -0.25) is 4.79 Å². The van der Waals surface area contributed by atoms with Crippen LogP contribution in [-0.4, -0.2) is 37.0 Å². The van der Waals surface area contributed by atoms with Crippen LogP contribution in [0.4, 0.5) is 4.39 Å². The van der Waals surface area contributed by atoms with Crippen LogP contribution in [0.25, 0.3) is 0 Å². The molecule has 1 heterocycles. The fourth-order valence-electron chi connectivity index (χ4n) is 1.91. The van der Waals surface area contributed by atoms with Crippen LogP contribution < -0.4 is 5.32 Å². The number of carbonyl (C=O) groups excluding carboxylic acids is 1. The Hall–Kier alpha value is -1.13. The Kier molecular flexibility index (Phi) is 3.97. The van der Waals surface area contributed by atoms with Gasteiger partial charge in [-0.05, 0) is 25.1 Å². The average Bonchev–Trinajstić information content (AvgIpc) is 2.57. The van der Waals surface area contributed by atoms with Gasteiger partial charge >= 0.3 is 0 Å². The van der Waals surface area contributed by atoms with Crippen molar-refractivity contribution >= 4 is 17.5 Å². The SMILES string of the molecule is O=C(c1c(F)cccc1Cl)N1CCCNCC1. The Morgan fingerprint density at radius 2 is 2.18 bits per heavy atom. The van der Waals surface area contributed by atoms with Gasteiger partial charge in [0, 0.05) is 19.6 Å². The van der Waals surface area contributed by atoms with Crippen molar-refractivity contribution in [2.75, 3.05) is 26.2 Å².